The summed E-state index contributed by atoms with van der Waals surface area (Å²) in [6.45, 7) is 2.05. The van der Waals surface area contributed by atoms with Gasteiger partial charge in [-0.15, -0.1) is 0 Å². The van der Waals surface area contributed by atoms with Crippen molar-refractivity contribution in [1.82, 2.24) is 0 Å². The maximum Gasteiger partial charge on any atom is 0.305 e. The highest BCUT2D eigenvalue weighted by molar-refractivity contribution is 5.69. The van der Waals surface area contributed by atoms with Crippen molar-refractivity contribution in [2.75, 3.05) is 7.11 Å². The number of aromatic hydroxyl groups is 1. The number of phenols is 1. The van der Waals surface area contributed by atoms with Crippen LogP contribution in [0.3, 0.4) is 0 Å². The van der Waals surface area contributed by atoms with Crippen LogP contribution >= 0.6 is 0 Å². The molecule has 0 saturated heterocycles. The van der Waals surface area contributed by atoms with Crippen LogP contribution in [0.1, 0.15) is 18.9 Å². The summed E-state index contributed by atoms with van der Waals surface area (Å²) in [4.78, 5) is 11.2. The van der Waals surface area contributed by atoms with Crippen molar-refractivity contribution in [1.29, 1.82) is 0 Å². The van der Waals surface area contributed by atoms with E-state index in [0.29, 0.717) is 6.42 Å². The molecule has 2 aromatic carbocycles. The summed E-state index contributed by atoms with van der Waals surface area (Å²) in [6.07, 6.45) is 1.29. The van der Waals surface area contributed by atoms with Crippen molar-refractivity contribution in [3.63, 3.8) is 0 Å². The van der Waals surface area contributed by atoms with Crippen LogP contribution in [-0.2, 0) is 16.0 Å². The third kappa shape index (κ3) is 4.35. The summed E-state index contributed by atoms with van der Waals surface area (Å²) >= 11 is 0. The molecule has 0 amide bonds. The van der Waals surface area contributed by atoms with Crippen LogP contribution in [0.15, 0.2) is 48.5 Å². The Hall–Kier alpha value is -2.29. The topological polar surface area (TPSA) is 46.5 Å². The van der Waals surface area contributed by atoms with Crippen molar-refractivity contribution in [2.24, 2.45) is 5.92 Å². The number of carbonyl (C=O) groups excluding carboxylic acids is 1. The summed E-state index contributed by atoms with van der Waals surface area (Å²) in [7, 11) is 1.42. The molecular weight excluding hydrogens is 264 g/mol. The van der Waals surface area contributed by atoms with E-state index >= 15 is 0 Å². The normalized spacial score (nSPS) is 11.9. The van der Waals surface area contributed by atoms with Gasteiger partial charge < -0.3 is 9.84 Å². The van der Waals surface area contributed by atoms with Crippen molar-refractivity contribution < 1.29 is 14.6 Å². The minimum absolute atomic E-state index is 0.164. The molecule has 0 aliphatic heterocycles. The Kier molecular flexibility index (Phi) is 4.99. The lowest BCUT2D eigenvalue weighted by Crippen LogP contribution is -2.09. The maximum absolute atomic E-state index is 11.2. The van der Waals surface area contributed by atoms with Crippen molar-refractivity contribution in [3.05, 3.63) is 54.1 Å². The highest BCUT2D eigenvalue weighted by Crippen LogP contribution is 2.23. The van der Waals surface area contributed by atoms with Crippen LogP contribution in [0.5, 0.6) is 5.75 Å². The van der Waals surface area contributed by atoms with Crippen molar-refractivity contribution in [2.45, 2.75) is 19.8 Å². The summed E-state index contributed by atoms with van der Waals surface area (Å²) in [5.41, 5.74) is 3.38. The van der Waals surface area contributed by atoms with Crippen LogP contribution in [0, 0.1) is 5.92 Å². The van der Waals surface area contributed by atoms with E-state index in [-0.39, 0.29) is 17.6 Å². The third-order valence-corrected chi connectivity index (χ3v) is 3.48. The van der Waals surface area contributed by atoms with Gasteiger partial charge in [0, 0.05) is 6.42 Å². The summed E-state index contributed by atoms with van der Waals surface area (Å²) in [6, 6.07) is 15.4. The predicted octanol–water partition coefficient (Wildman–Crippen LogP) is 3.80. The molecule has 21 heavy (non-hydrogen) atoms. The first-order valence-electron chi connectivity index (χ1n) is 7.03. The largest absolute Gasteiger partial charge is 0.508 e. The van der Waals surface area contributed by atoms with Crippen LogP contribution in [0.25, 0.3) is 11.1 Å². The van der Waals surface area contributed by atoms with E-state index in [0.717, 1.165) is 17.5 Å². The fourth-order valence-corrected chi connectivity index (χ4v) is 2.33. The molecule has 0 aliphatic rings. The Morgan fingerprint density at radius 3 is 2.10 bits per heavy atom. The molecule has 0 heterocycles. The second-order valence-electron chi connectivity index (χ2n) is 5.33. The number of benzene rings is 2. The number of esters is 1. The van der Waals surface area contributed by atoms with E-state index in [4.69, 9.17) is 0 Å². The molecule has 1 N–H and O–H groups in total. The van der Waals surface area contributed by atoms with E-state index in [2.05, 4.69) is 29.0 Å². The van der Waals surface area contributed by atoms with Gasteiger partial charge in [0.1, 0.15) is 5.75 Å². The molecule has 3 heteroatoms. The first-order chi connectivity index (χ1) is 10.1. The highest BCUT2D eigenvalue weighted by Gasteiger charge is 2.10. The molecule has 0 aromatic heterocycles. The van der Waals surface area contributed by atoms with Crippen LogP contribution in [0.2, 0.25) is 0 Å². The molecule has 0 fully saturated rings. The molecule has 0 spiro atoms. The SMILES string of the molecule is COC(=O)CC(C)Cc1ccc(-c2ccc(O)cc2)cc1. The standard InChI is InChI=1S/C18H20O3/c1-13(12-18(20)21-2)11-14-3-5-15(6-4-14)16-7-9-17(19)10-8-16/h3-10,13,19H,11-12H2,1-2H3. The van der Waals surface area contributed by atoms with Gasteiger partial charge in [0.25, 0.3) is 0 Å². The van der Waals surface area contributed by atoms with Gasteiger partial charge in [-0.1, -0.05) is 43.3 Å². The maximum atomic E-state index is 11.2. The second-order valence-corrected chi connectivity index (χ2v) is 5.33. The monoisotopic (exact) mass is 284 g/mol. The lowest BCUT2D eigenvalue weighted by Gasteiger charge is -2.10. The quantitative estimate of drug-likeness (QED) is 0.849. The minimum atomic E-state index is -0.164. The fourth-order valence-electron chi connectivity index (χ4n) is 2.33. The molecule has 0 aliphatic carbocycles. The average molecular weight is 284 g/mol. The zero-order valence-corrected chi connectivity index (χ0v) is 12.4. The smallest absolute Gasteiger partial charge is 0.305 e. The molecule has 3 nitrogen and oxygen atoms in total. The third-order valence-electron chi connectivity index (χ3n) is 3.48. The number of methoxy groups -OCH3 is 1. The summed E-state index contributed by atoms with van der Waals surface area (Å²) < 4.78 is 4.69. The van der Waals surface area contributed by atoms with E-state index in [1.54, 1.807) is 12.1 Å². The van der Waals surface area contributed by atoms with Gasteiger partial charge in [-0.25, -0.2) is 0 Å². The van der Waals surface area contributed by atoms with Crippen LogP contribution in [-0.4, -0.2) is 18.2 Å². The molecule has 0 saturated carbocycles. The average Bonchev–Trinajstić information content (AvgIpc) is 2.48. The van der Waals surface area contributed by atoms with Gasteiger partial charge >= 0.3 is 5.97 Å². The number of hydrogen-bond acceptors (Lipinski definition) is 3. The predicted molar refractivity (Wildman–Crippen MR) is 83.0 cm³/mol. The minimum Gasteiger partial charge on any atom is -0.508 e. The number of ether oxygens (including phenoxy) is 1. The van der Waals surface area contributed by atoms with Crippen LogP contribution in [0.4, 0.5) is 0 Å². The first kappa shape index (κ1) is 15.1. The summed E-state index contributed by atoms with van der Waals surface area (Å²) in [5, 5.41) is 9.30. The first-order valence-corrected chi connectivity index (χ1v) is 7.03. The Labute approximate surface area is 125 Å². The van der Waals surface area contributed by atoms with Gasteiger partial charge in [0.2, 0.25) is 0 Å². The van der Waals surface area contributed by atoms with Gasteiger partial charge in [0.15, 0.2) is 0 Å². The van der Waals surface area contributed by atoms with E-state index in [1.807, 2.05) is 19.1 Å². The number of rotatable bonds is 5. The zero-order chi connectivity index (χ0) is 15.2. The zero-order valence-electron chi connectivity index (χ0n) is 12.4. The van der Waals surface area contributed by atoms with Crippen molar-refractivity contribution in [3.8, 4) is 16.9 Å². The van der Waals surface area contributed by atoms with E-state index in [1.165, 1.54) is 12.7 Å². The molecule has 1 unspecified atom stereocenters. The van der Waals surface area contributed by atoms with E-state index in [9.17, 15) is 9.90 Å². The summed E-state index contributed by atoms with van der Waals surface area (Å²) in [5.74, 6) is 0.368. The van der Waals surface area contributed by atoms with Gasteiger partial charge in [0.05, 0.1) is 7.11 Å². The van der Waals surface area contributed by atoms with Crippen LogP contribution < -0.4 is 0 Å². The highest BCUT2D eigenvalue weighted by atomic mass is 16.5. The van der Waals surface area contributed by atoms with E-state index < -0.39 is 0 Å². The van der Waals surface area contributed by atoms with Gasteiger partial charge in [-0.05, 0) is 41.2 Å². The Morgan fingerprint density at radius 2 is 1.57 bits per heavy atom. The molecule has 0 bridgehead atoms. The second kappa shape index (κ2) is 6.93. The molecule has 2 rings (SSSR count). The Morgan fingerprint density at radius 1 is 1.05 bits per heavy atom. The molecule has 110 valence electrons. The number of carbonyl (C=O) groups is 1. The van der Waals surface area contributed by atoms with Gasteiger partial charge in [-0.2, -0.15) is 0 Å². The molecule has 2 aromatic rings. The lowest BCUT2D eigenvalue weighted by molar-refractivity contribution is -0.141. The molecule has 0 radical (unpaired) electrons. The number of hydrogen-bond donors (Lipinski definition) is 1. The lowest BCUT2D eigenvalue weighted by atomic mass is 9.96. The number of phenolic OH excluding ortho intramolecular Hbond substituents is 1. The molecular formula is C18H20O3. The Bertz CT molecular complexity index is 585. The fraction of sp³-hybridized carbons (Fsp3) is 0.278. The van der Waals surface area contributed by atoms with Gasteiger partial charge in [-0.3, -0.25) is 4.79 Å². The Balaban J connectivity index is 2.02. The van der Waals surface area contributed by atoms with Crippen molar-refractivity contribution >= 4 is 5.97 Å². The molecule has 1 atom stereocenters.